The van der Waals surface area contributed by atoms with Crippen LogP contribution in [0.3, 0.4) is 0 Å². The van der Waals surface area contributed by atoms with E-state index in [4.69, 9.17) is 13.9 Å². The molecular formula is C30H34F3NO7S. The standard InChI is InChI=1S/C30H34F3NO7S/c1-21(2)28(35)40-19-11-9-7-5-3-4-6-8-10-18-39-26-17-14-23-20-25(29(36)41-27(23)34-26)22-12-15-24(16-13-22)42(37,38)30(31,32)33/h12-17,20H,1,3-11,18-19H2,2H3. The van der Waals surface area contributed by atoms with Gasteiger partial charge in [0.15, 0.2) is 0 Å². The van der Waals surface area contributed by atoms with E-state index in [9.17, 15) is 31.2 Å². The fraction of sp³-hybridized carbons (Fsp3) is 0.433. The highest BCUT2D eigenvalue weighted by molar-refractivity contribution is 7.92. The van der Waals surface area contributed by atoms with Crippen LogP contribution in [0, 0.1) is 0 Å². The number of carbonyl (C=O) groups is 1. The van der Waals surface area contributed by atoms with Gasteiger partial charge >= 0.3 is 17.1 Å². The van der Waals surface area contributed by atoms with Crippen LogP contribution in [0.25, 0.3) is 22.2 Å². The van der Waals surface area contributed by atoms with Crippen LogP contribution in [0.15, 0.2) is 68.7 Å². The van der Waals surface area contributed by atoms with Crippen LogP contribution in [-0.2, 0) is 19.4 Å². The number of rotatable bonds is 16. The normalized spacial score (nSPS) is 11.9. The Hall–Kier alpha value is -3.67. The Bertz CT molecular complexity index is 1530. The van der Waals surface area contributed by atoms with Gasteiger partial charge in [-0.1, -0.05) is 63.7 Å². The van der Waals surface area contributed by atoms with Gasteiger partial charge in [0.1, 0.15) is 0 Å². The molecular weight excluding hydrogens is 575 g/mol. The summed E-state index contributed by atoms with van der Waals surface area (Å²) in [5.74, 6) is -0.0363. The van der Waals surface area contributed by atoms with Gasteiger partial charge in [-0.3, -0.25) is 0 Å². The SMILES string of the molecule is C=C(C)C(=O)OCCCCCCCCCCCOc1ccc2cc(-c3ccc(S(=O)(=O)C(F)(F)F)cc3)c(=O)oc2n1. The molecule has 0 aliphatic rings. The number of benzene rings is 1. The number of alkyl halides is 3. The van der Waals surface area contributed by atoms with Crippen molar-refractivity contribution in [2.45, 2.75) is 75.1 Å². The minimum atomic E-state index is -5.49. The second kappa shape index (κ2) is 15.0. The van der Waals surface area contributed by atoms with Crippen LogP contribution < -0.4 is 10.4 Å². The Morgan fingerprint density at radius 1 is 0.905 bits per heavy atom. The number of hydrogen-bond donors (Lipinski definition) is 0. The summed E-state index contributed by atoms with van der Waals surface area (Å²) in [4.78, 5) is 27.1. The largest absolute Gasteiger partial charge is 0.501 e. The van der Waals surface area contributed by atoms with Crippen molar-refractivity contribution in [3.8, 4) is 17.0 Å². The number of nitrogens with zero attached hydrogens (tertiary/aromatic N) is 1. The second-order valence-electron chi connectivity index (χ2n) is 9.91. The summed E-state index contributed by atoms with van der Waals surface area (Å²) in [7, 11) is -5.49. The third-order valence-corrected chi connectivity index (χ3v) is 7.98. The van der Waals surface area contributed by atoms with Crippen molar-refractivity contribution in [3.63, 3.8) is 0 Å². The Morgan fingerprint density at radius 3 is 2.05 bits per heavy atom. The maximum Gasteiger partial charge on any atom is 0.501 e. The summed E-state index contributed by atoms with van der Waals surface area (Å²) in [6, 6.07) is 8.59. The maximum absolute atomic E-state index is 12.8. The van der Waals surface area contributed by atoms with Gasteiger partial charge in [0, 0.05) is 17.0 Å². The summed E-state index contributed by atoms with van der Waals surface area (Å²) in [6.45, 7) is 6.07. The topological polar surface area (TPSA) is 113 Å². The first-order chi connectivity index (χ1) is 19.9. The van der Waals surface area contributed by atoms with E-state index in [1.54, 1.807) is 19.1 Å². The van der Waals surface area contributed by atoms with Crippen molar-refractivity contribution in [2.24, 2.45) is 0 Å². The molecule has 228 valence electrons. The summed E-state index contributed by atoms with van der Waals surface area (Å²) in [5, 5.41) is 0.469. The van der Waals surface area contributed by atoms with Gasteiger partial charge in [0.2, 0.25) is 11.6 Å². The molecule has 0 radical (unpaired) electrons. The molecule has 0 aliphatic carbocycles. The predicted molar refractivity (Wildman–Crippen MR) is 152 cm³/mol. The number of carbonyl (C=O) groups excluding carboxylic acids is 1. The van der Waals surface area contributed by atoms with E-state index in [0.717, 1.165) is 82.1 Å². The third-order valence-electron chi connectivity index (χ3n) is 6.47. The van der Waals surface area contributed by atoms with E-state index < -0.39 is 25.9 Å². The van der Waals surface area contributed by atoms with Crippen molar-refractivity contribution in [3.05, 3.63) is 65.0 Å². The average molecular weight is 610 g/mol. The van der Waals surface area contributed by atoms with Crippen molar-refractivity contribution < 1.29 is 40.3 Å². The van der Waals surface area contributed by atoms with Gasteiger partial charge in [-0.05, 0) is 49.6 Å². The number of fused-ring (bicyclic) bond motifs is 1. The first-order valence-corrected chi connectivity index (χ1v) is 15.2. The molecule has 3 aromatic rings. The zero-order chi connectivity index (χ0) is 30.8. The number of hydrogen-bond acceptors (Lipinski definition) is 8. The molecule has 0 bridgehead atoms. The quantitative estimate of drug-likeness (QED) is 0.0955. The zero-order valence-corrected chi connectivity index (χ0v) is 24.2. The lowest BCUT2D eigenvalue weighted by atomic mass is 10.1. The zero-order valence-electron chi connectivity index (χ0n) is 23.4. The monoisotopic (exact) mass is 609 g/mol. The van der Waals surface area contributed by atoms with Gasteiger partial charge < -0.3 is 13.9 Å². The molecule has 2 aromatic heterocycles. The number of sulfone groups is 1. The molecule has 0 amide bonds. The van der Waals surface area contributed by atoms with E-state index in [1.165, 1.54) is 6.07 Å². The Morgan fingerprint density at radius 2 is 1.48 bits per heavy atom. The van der Waals surface area contributed by atoms with Crippen LogP contribution in [0.2, 0.25) is 0 Å². The van der Waals surface area contributed by atoms with E-state index in [-0.39, 0.29) is 22.8 Å². The number of aromatic nitrogens is 1. The first kappa shape index (κ1) is 32.8. The smallest absolute Gasteiger partial charge is 0.478 e. The number of ether oxygens (including phenoxy) is 2. The molecule has 1 aromatic carbocycles. The fourth-order valence-corrected chi connectivity index (χ4v) is 4.88. The molecule has 2 heterocycles. The van der Waals surface area contributed by atoms with Crippen LogP contribution in [0.4, 0.5) is 13.2 Å². The second-order valence-corrected chi connectivity index (χ2v) is 11.9. The molecule has 3 rings (SSSR count). The number of unbranched alkanes of at least 4 members (excludes halogenated alkanes) is 8. The van der Waals surface area contributed by atoms with Crippen molar-refractivity contribution in [1.82, 2.24) is 4.98 Å². The molecule has 0 N–H and O–H groups in total. The number of esters is 1. The van der Waals surface area contributed by atoms with Crippen LogP contribution >= 0.6 is 0 Å². The van der Waals surface area contributed by atoms with E-state index in [2.05, 4.69) is 11.6 Å². The van der Waals surface area contributed by atoms with Crippen LogP contribution in [-0.4, -0.2) is 38.1 Å². The van der Waals surface area contributed by atoms with Crippen molar-refractivity contribution >= 4 is 26.9 Å². The van der Waals surface area contributed by atoms with Gasteiger partial charge in [0.25, 0.3) is 9.84 Å². The van der Waals surface area contributed by atoms with E-state index in [1.807, 2.05) is 0 Å². The Kier molecular flexibility index (Phi) is 11.7. The highest BCUT2D eigenvalue weighted by atomic mass is 32.2. The minimum absolute atomic E-state index is 0.0477. The third kappa shape index (κ3) is 9.17. The molecule has 42 heavy (non-hydrogen) atoms. The van der Waals surface area contributed by atoms with Gasteiger partial charge in [-0.15, -0.1) is 0 Å². The summed E-state index contributed by atoms with van der Waals surface area (Å²) < 4.78 is 77.5. The summed E-state index contributed by atoms with van der Waals surface area (Å²) >= 11 is 0. The summed E-state index contributed by atoms with van der Waals surface area (Å²) in [5.41, 5.74) is -5.47. The van der Waals surface area contributed by atoms with Gasteiger partial charge in [0.05, 0.1) is 23.7 Å². The Balaban J connectivity index is 1.39. The van der Waals surface area contributed by atoms with Gasteiger partial charge in [-0.2, -0.15) is 18.2 Å². The average Bonchev–Trinajstić information content (AvgIpc) is 2.94. The minimum Gasteiger partial charge on any atom is -0.478 e. The summed E-state index contributed by atoms with van der Waals surface area (Å²) in [6.07, 6.45) is 9.36. The van der Waals surface area contributed by atoms with Gasteiger partial charge in [-0.25, -0.2) is 18.0 Å². The van der Waals surface area contributed by atoms with Crippen molar-refractivity contribution in [1.29, 1.82) is 0 Å². The molecule has 8 nitrogen and oxygen atoms in total. The van der Waals surface area contributed by atoms with Crippen LogP contribution in [0.1, 0.15) is 64.7 Å². The Labute approximate surface area is 242 Å². The molecule has 0 unspecified atom stereocenters. The van der Waals surface area contributed by atoms with E-state index >= 15 is 0 Å². The molecule has 0 fully saturated rings. The maximum atomic E-state index is 12.8. The van der Waals surface area contributed by atoms with Crippen molar-refractivity contribution in [2.75, 3.05) is 13.2 Å². The molecule has 0 spiro atoms. The lowest BCUT2D eigenvalue weighted by Crippen LogP contribution is -2.23. The molecule has 0 aliphatic heterocycles. The molecule has 0 atom stereocenters. The molecule has 12 heteroatoms. The first-order valence-electron chi connectivity index (χ1n) is 13.7. The van der Waals surface area contributed by atoms with E-state index in [0.29, 0.717) is 30.1 Å². The lowest BCUT2D eigenvalue weighted by molar-refractivity contribution is -0.139. The molecule has 0 saturated heterocycles. The number of halogens is 3. The number of pyridine rings is 1. The highest BCUT2D eigenvalue weighted by Crippen LogP contribution is 2.31. The predicted octanol–water partition coefficient (Wildman–Crippen LogP) is 7.16. The van der Waals surface area contributed by atoms with Crippen LogP contribution in [0.5, 0.6) is 5.88 Å². The lowest BCUT2D eigenvalue weighted by Gasteiger charge is -2.09. The molecule has 0 saturated carbocycles. The fourth-order valence-electron chi connectivity index (χ4n) is 4.12. The highest BCUT2D eigenvalue weighted by Gasteiger charge is 2.46.